The number of amides is 1. The van der Waals surface area contributed by atoms with E-state index in [1.54, 1.807) is 0 Å². The number of carbonyl (C=O) groups is 1. The highest BCUT2D eigenvalue weighted by atomic mass is 16.2. The van der Waals surface area contributed by atoms with Gasteiger partial charge in [0.1, 0.15) is 0 Å². The highest BCUT2D eigenvalue weighted by Crippen LogP contribution is 2.35. The maximum absolute atomic E-state index is 12.5. The van der Waals surface area contributed by atoms with E-state index in [9.17, 15) is 4.79 Å². The topological polar surface area (TPSA) is 75.9 Å². The molecule has 2 aromatic heterocycles. The Morgan fingerprint density at radius 3 is 2.91 bits per heavy atom. The summed E-state index contributed by atoms with van der Waals surface area (Å²) in [6, 6.07) is 6.98. The molecule has 2 aliphatic heterocycles. The van der Waals surface area contributed by atoms with Gasteiger partial charge in [0.05, 0.1) is 40.6 Å². The van der Waals surface area contributed by atoms with Crippen molar-refractivity contribution < 1.29 is 4.79 Å². The number of hydrogen-bond donors (Lipinski definition) is 1. The van der Waals surface area contributed by atoms with Crippen LogP contribution in [0.1, 0.15) is 54.4 Å². The number of aromatic nitrogens is 4. The predicted molar refractivity (Wildman–Crippen MR) is 131 cm³/mol. The standard InChI is InChI=1S/C27H28N6O/c34-27(17-3-4-17)32-11-9-19(15-32)24-14-29-23-8-6-21(26(23)31-24)18-5-7-22-25(12-18)33(16-30-22)20-2-1-10-28-13-20/h5-7,9,12,14,16-17,20,28H,1-4,8,10-11,13,15H2. The van der Waals surface area contributed by atoms with Gasteiger partial charge in [-0.25, -0.2) is 9.97 Å². The molecule has 0 radical (unpaired) electrons. The van der Waals surface area contributed by atoms with Gasteiger partial charge in [-0.15, -0.1) is 0 Å². The average molecular weight is 453 g/mol. The molecule has 0 spiro atoms. The van der Waals surface area contributed by atoms with Crippen LogP contribution >= 0.6 is 0 Å². The van der Waals surface area contributed by atoms with Crippen molar-refractivity contribution in [2.45, 2.75) is 38.1 Å². The number of nitrogens with zero attached hydrogens (tertiary/aromatic N) is 5. The number of imidazole rings is 1. The van der Waals surface area contributed by atoms with E-state index in [4.69, 9.17) is 9.97 Å². The minimum absolute atomic E-state index is 0.251. The lowest BCUT2D eigenvalue weighted by atomic mass is 10.0. The molecule has 2 aliphatic carbocycles. The summed E-state index contributed by atoms with van der Waals surface area (Å²) in [4.78, 5) is 28.9. The Morgan fingerprint density at radius 1 is 1.12 bits per heavy atom. The fourth-order valence-electron chi connectivity index (χ4n) is 5.54. The molecule has 1 saturated carbocycles. The largest absolute Gasteiger partial charge is 0.334 e. The van der Waals surface area contributed by atoms with E-state index in [2.05, 4.69) is 45.2 Å². The van der Waals surface area contributed by atoms with Crippen LogP contribution in [0.5, 0.6) is 0 Å². The molecule has 1 amide bonds. The van der Waals surface area contributed by atoms with Crippen LogP contribution in [0.2, 0.25) is 0 Å². The van der Waals surface area contributed by atoms with Crippen molar-refractivity contribution in [1.29, 1.82) is 0 Å². The molecule has 2 fully saturated rings. The molecule has 7 rings (SSSR count). The van der Waals surface area contributed by atoms with Crippen molar-refractivity contribution in [3.8, 4) is 0 Å². The first-order chi connectivity index (χ1) is 16.7. The fourth-order valence-corrected chi connectivity index (χ4v) is 5.54. The van der Waals surface area contributed by atoms with Gasteiger partial charge in [0, 0.05) is 43.6 Å². The fraction of sp³-hybridized carbons (Fsp3) is 0.407. The lowest BCUT2D eigenvalue weighted by Gasteiger charge is -2.24. The SMILES string of the molecule is O=C(C1CC1)N1CC=C(c2cnc3c(n2)C(c2ccc4ncn(C5CCCNC5)c4c2)=CC3)C1. The van der Waals surface area contributed by atoms with Gasteiger partial charge in [-0.1, -0.05) is 18.2 Å². The lowest BCUT2D eigenvalue weighted by Crippen LogP contribution is -2.31. The summed E-state index contributed by atoms with van der Waals surface area (Å²) >= 11 is 0. The molecule has 1 unspecified atom stereocenters. The molecule has 1 atom stereocenters. The molecule has 4 heterocycles. The van der Waals surface area contributed by atoms with Gasteiger partial charge in [-0.3, -0.25) is 9.78 Å². The molecule has 1 saturated heterocycles. The van der Waals surface area contributed by atoms with Gasteiger partial charge in [0.25, 0.3) is 0 Å². The molecule has 0 bridgehead atoms. The summed E-state index contributed by atoms with van der Waals surface area (Å²) in [5.41, 5.74) is 8.50. The van der Waals surface area contributed by atoms with E-state index in [1.165, 1.54) is 18.4 Å². The smallest absolute Gasteiger partial charge is 0.226 e. The Kier molecular flexibility index (Phi) is 4.65. The quantitative estimate of drug-likeness (QED) is 0.657. The van der Waals surface area contributed by atoms with Crippen molar-refractivity contribution >= 4 is 28.1 Å². The van der Waals surface area contributed by atoms with Crippen LogP contribution in [0.4, 0.5) is 0 Å². The third kappa shape index (κ3) is 3.38. The summed E-state index contributed by atoms with van der Waals surface area (Å²) in [5.74, 6) is 0.542. The van der Waals surface area contributed by atoms with Crippen molar-refractivity contribution in [3.05, 3.63) is 65.5 Å². The molecule has 1 aromatic carbocycles. The van der Waals surface area contributed by atoms with Gasteiger partial charge in [-0.05, 0) is 55.5 Å². The third-order valence-electron chi connectivity index (χ3n) is 7.64. The lowest BCUT2D eigenvalue weighted by molar-refractivity contribution is -0.131. The van der Waals surface area contributed by atoms with Crippen molar-refractivity contribution in [2.24, 2.45) is 5.92 Å². The number of fused-ring (bicyclic) bond motifs is 2. The second kappa shape index (κ2) is 7.87. The predicted octanol–water partition coefficient (Wildman–Crippen LogP) is 3.37. The Bertz CT molecular complexity index is 1360. The summed E-state index contributed by atoms with van der Waals surface area (Å²) in [6.07, 6.45) is 13.5. The van der Waals surface area contributed by atoms with Crippen LogP contribution in [0.3, 0.4) is 0 Å². The third-order valence-corrected chi connectivity index (χ3v) is 7.64. The van der Waals surface area contributed by atoms with Gasteiger partial charge < -0.3 is 14.8 Å². The molecule has 7 heteroatoms. The van der Waals surface area contributed by atoms with Crippen LogP contribution in [0.25, 0.3) is 22.2 Å². The van der Waals surface area contributed by atoms with Crippen molar-refractivity contribution in [2.75, 3.05) is 26.2 Å². The minimum Gasteiger partial charge on any atom is -0.334 e. The molecule has 7 nitrogen and oxygen atoms in total. The second-order valence-electron chi connectivity index (χ2n) is 9.95. The van der Waals surface area contributed by atoms with Gasteiger partial charge in [0.15, 0.2) is 0 Å². The zero-order valence-electron chi connectivity index (χ0n) is 19.2. The van der Waals surface area contributed by atoms with E-state index >= 15 is 0 Å². The zero-order chi connectivity index (χ0) is 22.6. The molecule has 34 heavy (non-hydrogen) atoms. The summed E-state index contributed by atoms with van der Waals surface area (Å²) in [6.45, 7) is 3.42. The number of hydrogen-bond acceptors (Lipinski definition) is 5. The van der Waals surface area contributed by atoms with E-state index in [1.807, 2.05) is 17.4 Å². The molecule has 1 N–H and O–H groups in total. The maximum Gasteiger partial charge on any atom is 0.226 e. The number of carbonyl (C=O) groups excluding carboxylic acids is 1. The van der Waals surface area contributed by atoms with Gasteiger partial charge >= 0.3 is 0 Å². The van der Waals surface area contributed by atoms with Crippen LogP contribution in [-0.2, 0) is 11.2 Å². The number of nitrogens with one attached hydrogen (secondary N) is 1. The van der Waals surface area contributed by atoms with E-state index in [0.717, 1.165) is 71.7 Å². The normalized spacial score (nSPS) is 22.1. The number of allylic oxidation sites excluding steroid dienone is 1. The molecule has 172 valence electrons. The Morgan fingerprint density at radius 2 is 2.06 bits per heavy atom. The summed E-state index contributed by atoms with van der Waals surface area (Å²) < 4.78 is 2.33. The minimum atomic E-state index is 0.251. The van der Waals surface area contributed by atoms with Gasteiger partial charge in [-0.2, -0.15) is 0 Å². The van der Waals surface area contributed by atoms with Crippen LogP contribution in [0, 0.1) is 5.92 Å². The Balaban J connectivity index is 1.19. The first-order valence-corrected chi connectivity index (χ1v) is 12.5. The average Bonchev–Trinajstić information content (AvgIpc) is 3.28. The highest BCUT2D eigenvalue weighted by molar-refractivity contribution is 5.88. The van der Waals surface area contributed by atoms with Crippen molar-refractivity contribution in [3.63, 3.8) is 0 Å². The molecule has 3 aromatic rings. The number of piperidine rings is 1. The first-order valence-electron chi connectivity index (χ1n) is 12.5. The maximum atomic E-state index is 12.5. The summed E-state index contributed by atoms with van der Waals surface area (Å²) in [7, 11) is 0. The Hall–Kier alpha value is -3.32. The second-order valence-corrected chi connectivity index (χ2v) is 9.95. The van der Waals surface area contributed by atoms with Gasteiger partial charge in [0.2, 0.25) is 5.91 Å². The number of rotatable bonds is 4. The van der Waals surface area contributed by atoms with Crippen LogP contribution in [0.15, 0.2) is 42.9 Å². The summed E-state index contributed by atoms with van der Waals surface area (Å²) in [5, 5.41) is 3.51. The van der Waals surface area contributed by atoms with Crippen LogP contribution in [-0.4, -0.2) is 56.5 Å². The highest BCUT2D eigenvalue weighted by Gasteiger charge is 2.35. The van der Waals surface area contributed by atoms with Crippen LogP contribution < -0.4 is 5.32 Å². The zero-order valence-corrected chi connectivity index (χ0v) is 19.2. The number of benzene rings is 1. The monoisotopic (exact) mass is 452 g/mol. The van der Waals surface area contributed by atoms with E-state index in [0.29, 0.717) is 25.0 Å². The molecular weight excluding hydrogens is 424 g/mol. The Labute approximate surface area is 198 Å². The molecule has 4 aliphatic rings. The molecular formula is C27H28N6O. The first kappa shape index (κ1) is 20.1. The van der Waals surface area contributed by atoms with E-state index in [-0.39, 0.29) is 5.92 Å². The van der Waals surface area contributed by atoms with Crippen molar-refractivity contribution in [1.82, 2.24) is 29.7 Å². The van der Waals surface area contributed by atoms with E-state index < -0.39 is 0 Å².